The highest BCUT2D eigenvalue weighted by atomic mass is 19.1. The van der Waals surface area contributed by atoms with Crippen LogP contribution in [0, 0.1) is 17.5 Å². The second-order valence-electron chi connectivity index (χ2n) is 7.93. The molecular weight excluding hydrogens is 431 g/mol. The summed E-state index contributed by atoms with van der Waals surface area (Å²) in [5, 5.41) is 2.77. The number of aromatic nitrogens is 3. The molecule has 1 aliphatic rings. The number of amides is 1. The molecule has 0 saturated carbocycles. The number of hydrogen-bond acceptors (Lipinski definition) is 4. The number of anilines is 1. The number of carbonyl (C=O) groups is 1. The number of benzene rings is 2. The van der Waals surface area contributed by atoms with Crippen molar-refractivity contribution in [3.8, 4) is 0 Å². The summed E-state index contributed by atoms with van der Waals surface area (Å²) in [6.45, 7) is 0.843. The molecule has 0 bridgehead atoms. The van der Waals surface area contributed by atoms with Gasteiger partial charge < -0.3 is 10.2 Å². The van der Waals surface area contributed by atoms with E-state index in [2.05, 4.69) is 15.3 Å². The van der Waals surface area contributed by atoms with Crippen LogP contribution in [0.5, 0.6) is 0 Å². The van der Waals surface area contributed by atoms with Gasteiger partial charge in [-0.1, -0.05) is 12.1 Å². The molecule has 3 heterocycles. The van der Waals surface area contributed by atoms with Crippen molar-refractivity contribution in [3.05, 3.63) is 89.5 Å². The van der Waals surface area contributed by atoms with E-state index in [1.165, 1.54) is 29.1 Å². The Morgan fingerprint density at radius 2 is 1.82 bits per heavy atom. The monoisotopic (exact) mass is 451 g/mol. The third-order valence-electron chi connectivity index (χ3n) is 5.82. The lowest BCUT2D eigenvalue weighted by atomic mass is 10.0. The van der Waals surface area contributed by atoms with Crippen LogP contribution in [0.1, 0.15) is 30.0 Å². The molecule has 5 rings (SSSR count). The van der Waals surface area contributed by atoms with Crippen molar-refractivity contribution in [2.75, 3.05) is 11.4 Å². The SMILES string of the molecule is O=C(NCc1ccc(F)cc1)n1cnc2ccc(N3CCC[C@@H]3c3cc(F)ccc3F)nc21. The van der Waals surface area contributed by atoms with Gasteiger partial charge in [0.2, 0.25) is 0 Å². The zero-order valence-electron chi connectivity index (χ0n) is 17.5. The summed E-state index contributed by atoms with van der Waals surface area (Å²) in [6.07, 6.45) is 2.85. The van der Waals surface area contributed by atoms with Crippen LogP contribution in [0.4, 0.5) is 23.8 Å². The van der Waals surface area contributed by atoms with Crippen LogP contribution >= 0.6 is 0 Å². The summed E-state index contributed by atoms with van der Waals surface area (Å²) in [5.74, 6) is -0.736. The van der Waals surface area contributed by atoms with Crippen molar-refractivity contribution in [2.45, 2.75) is 25.4 Å². The second kappa shape index (κ2) is 8.57. The molecule has 1 saturated heterocycles. The number of nitrogens with one attached hydrogen (secondary N) is 1. The molecule has 9 heteroatoms. The van der Waals surface area contributed by atoms with Gasteiger partial charge in [-0.2, -0.15) is 0 Å². The van der Waals surface area contributed by atoms with Gasteiger partial charge in [0.1, 0.15) is 35.1 Å². The van der Waals surface area contributed by atoms with Crippen LogP contribution in [0.3, 0.4) is 0 Å². The Hall–Kier alpha value is -3.88. The van der Waals surface area contributed by atoms with Gasteiger partial charge in [0, 0.05) is 18.7 Å². The van der Waals surface area contributed by atoms with Crippen molar-refractivity contribution >= 4 is 23.0 Å². The van der Waals surface area contributed by atoms with E-state index in [9.17, 15) is 18.0 Å². The molecule has 2 aromatic heterocycles. The number of hydrogen-bond donors (Lipinski definition) is 1. The Labute approximate surface area is 187 Å². The molecule has 0 spiro atoms. The van der Waals surface area contributed by atoms with Gasteiger partial charge in [0.15, 0.2) is 5.65 Å². The van der Waals surface area contributed by atoms with E-state index in [-0.39, 0.29) is 18.4 Å². The van der Waals surface area contributed by atoms with E-state index < -0.39 is 17.7 Å². The average molecular weight is 451 g/mol. The van der Waals surface area contributed by atoms with Crippen molar-refractivity contribution < 1.29 is 18.0 Å². The van der Waals surface area contributed by atoms with E-state index in [0.29, 0.717) is 35.5 Å². The maximum Gasteiger partial charge on any atom is 0.328 e. The predicted octanol–water partition coefficient (Wildman–Crippen LogP) is 4.95. The molecule has 1 atom stereocenters. The fraction of sp³-hybridized carbons (Fsp3) is 0.208. The normalized spacial score (nSPS) is 15.8. The molecule has 0 radical (unpaired) electrons. The minimum Gasteiger partial charge on any atom is -0.349 e. The number of halogens is 3. The van der Waals surface area contributed by atoms with Gasteiger partial charge in [0.05, 0.1) is 6.04 Å². The molecule has 33 heavy (non-hydrogen) atoms. The Bertz CT molecular complexity index is 1320. The Balaban J connectivity index is 1.41. The summed E-state index contributed by atoms with van der Waals surface area (Å²) in [5.41, 5.74) is 1.93. The molecule has 1 aliphatic heterocycles. The van der Waals surface area contributed by atoms with E-state index in [4.69, 9.17) is 0 Å². The third kappa shape index (κ3) is 4.13. The smallest absolute Gasteiger partial charge is 0.328 e. The number of carbonyl (C=O) groups excluding carboxylic acids is 1. The first-order valence-corrected chi connectivity index (χ1v) is 10.6. The topological polar surface area (TPSA) is 63.1 Å². The molecule has 2 aromatic carbocycles. The minimum absolute atomic E-state index is 0.214. The van der Waals surface area contributed by atoms with Gasteiger partial charge in [-0.3, -0.25) is 0 Å². The quantitative estimate of drug-likeness (QED) is 0.477. The predicted molar refractivity (Wildman–Crippen MR) is 117 cm³/mol. The van der Waals surface area contributed by atoms with E-state index >= 15 is 0 Å². The molecular formula is C24H20F3N5O. The lowest BCUT2D eigenvalue weighted by molar-refractivity contribution is 0.242. The van der Waals surface area contributed by atoms with Crippen molar-refractivity contribution in [2.24, 2.45) is 0 Å². The van der Waals surface area contributed by atoms with Crippen LogP contribution in [0.2, 0.25) is 0 Å². The number of nitrogens with zero attached hydrogens (tertiary/aromatic N) is 4. The molecule has 4 aromatic rings. The van der Waals surface area contributed by atoms with E-state index in [1.54, 1.807) is 24.3 Å². The lowest BCUT2D eigenvalue weighted by Crippen LogP contribution is -2.28. The highest BCUT2D eigenvalue weighted by Crippen LogP contribution is 2.37. The van der Waals surface area contributed by atoms with Crippen molar-refractivity contribution in [3.63, 3.8) is 0 Å². The number of fused-ring (bicyclic) bond motifs is 1. The average Bonchev–Trinajstić information content (AvgIpc) is 3.47. The minimum atomic E-state index is -0.488. The molecule has 168 valence electrons. The van der Waals surface area contributed by atoms with Crippen molar-refractivity contribution in [1.82, 2.24) is 19.9 Å². The number of imidazole rings is 1. The second-order valence-corrected chi connectivity index (χ2v) is 7.93. The highest BCUT2D eigenvalue weighted by molar-refractivity contribution is 5.87. The molecule has 1 fully saturated rings. The first-order chi connectivity index (χ1) is 16.0. The zero-order chi connectivity index (χ0) is 22.9. The van der Waals surface area contributed by atoms with Gasteiger partial charge in [-0.25, -0.2) is 32.5 Å². The molecule has 1 amide bonds. The van der Waals surface area contributed by atoms with Crippen LogP contribution in [0.25, 0.3) is 11.2 Å². The third-order valence-corrected chi connectivity index (χ3v) is 5.82. The summed E-state index contributed by atoms with van der Waals surface area (Å²) in [6, 6.07) is 12.0. The number of pyridine rings is 1. The first kappa shape index (κ1) is 21.0. The zero-order valence-corrected chi connectivity index (χ0v) is 17.5. The van der Waals surface area contributed by atoms with Crippen LogP contribution in [0.15, 0.2) is 60.9 Å². The summed E-state index contributed by atoms with van der Waals surface area (Å²) in [7, 11) is 0. The van der Waals surface area contributed by atoms with Gasteiger partial charge in [-0.15, -0.1) is 0 Å². The maximum absolute atomic E-state index is 14.4. The Morgan fingerprint density at radius 1 is 1.03 bits per heavy atom. The lowest BCUT2D eigenvalue weighted by Gasteiger charge is -2.26. The van der Waals surface area contributed by atoms with E-state index in [0.717, 1.165) is 24.1 Å². The van der Waals surface area contributed by atoms with Gasteiger partial charge in [-0.05, 0) is 60.9 Å². The number of rotatable bonds is 4. The largest absolute Gasteiger partial charge is 0.349 e. The first-order valence-electron chi connectivity index (χ1n) is 10.6. The van der Waals surface area contributed by atoms with Crippen LogP contribution < -0.4 is 10.2 Å². The maximum atomic E-state index is 14.4. The van der Waals surface area contributed by atoms with E-state index in [1.807, 2.05) is 4.90 Å². The highest BCUT2D eigenvalue weighted by Gasteiger charge is 2.30. The molecule has 6 nitrogen and oxygen atoms in total. The standard InChI is InChI=1S/C24H20F3N5O/c25-16-5-3-15(4-6-16)13-28-24(33)32-14-29-20-9-10-22(30-23(20)32)31-11-1-2-21(31)18-12-17(26)7-8-19(18)27/h3-10,12,14,21H,1-2,11,13H2,(H,28,33)/t21-/m1/s1. The molecule has 1 N–H and O–H groups in total. The van der Waals surface area contributed by atoms with Gasteiger partial charge >= 0.3 is 6.03 Å². The van der Waals surface area contributed by atoms with Crippen LogP contribution in [-0.2, 0) is 6.54 Å². The molecule has 0 unspecified atom stereocenters. The summed E-state index contributed by atoms with van der Waals surface area (Å²) >= 11 is 0. The van der Waals surface area contributed by atoms with Crippen LogP contribution in [-0.4, -0.2) is 27.1 Å². The fourth-order valence-corrected chi connectivity index (χ4v) is 4.19. The Morgan fingerprint density at radius 3 is 2.64 bits per heavy atom. The summed E-state index contributed by atoms with van der Waals surface area (Å²) in [4.78, 5) is 23.5. The van der Waals surface area contributed by atoms with Gasteiger partial charge in [0.25, 0.3) is 0 Å². The summed E-state index contributed by atoms with van der Waals surface area (Å²) < 4.78 is 42.6. The molecule has 0 aliphatic carbocycles. The fourth-order valence-electron chi connectivity index (χ4n) is 4.19. The Kier molecular flexibility index (Phi) is 5.45. The van der Waals surface area contributed by atoms with Crippen molar-refractivity contribution in [1.29, 1.82) is 0 Å².